The molecule has 7 heteroatoms. The van der Waals surface area contributed by atoms with Crippen molar-refractivity contribution < 1.29 is 14.3 Å². The second kappa shape index (κ2) is 11.4. The minimum Gasteiger partial charge on any atom is -0.486 e. The molecule has 0 unspecified atom stereocenters. The van der Waals surface area contributed by atoms with Crippen LogP contribution in [0, 0.1) is 12.8 Å². The average molecular weight is 432 g/mol. The topological polar surface area (TPSA) is 54.9 Å². The minimum atomic E-state index is 0.198. The molecule has 3 rings (SSSR count). The zero-order valence-corrected chi connectivity index (χ0v) is 19.1. The second-order valence-electron chi connectivity index (χ2n) is 8.15. The second-order valence-corrected chi connectivity index (χ2v) is 9.10. The standard InChI is InChI=1S/C23H33N3O3S/c1-18(2)14-23(27)26(9-8-25-10-12-28-13-11-25)15-20-17-30-22(24-20)16-29-21-7-5-4-6-19(21)3/h4-7,17-18H,8-16H2,1-3H3. The summed E-state index contributed by atoms with van der Waals surface area (Å²) >= 11 is 1.59. The van der Waals surface area contributed by atoms with Gasteiger partial charge in [0.25, 0.3) is 0 Å². The maximum Gasteiger partial charge on any atom is 0.223 e. The predicted molar refractivity (Wildman–Crippen MR) is 120 cm³/mol. The summed E-state index contributed by atoms with van der Waals surface area (Å²) in [6.07, 6.45) is 0.566. The van der Waals surface area contributed by atoms with Gasteiger partial charge in [0, 0.05) is 38.0 Å². The van der Waals surface area contributed by atoms with Gasteiger partial charge in [-0.15, -0.1) is 11.3 Å². The van der Waals surface area contributed by atoms with E-state index >= 15 is 0 Å². The molecule has 1 aliphatic rings. The number of aryl methyl sites for hydroxylation is 1. The van der Waals surface area contributed by atoms with E-state index in [0.717, 1.165) is 61.4 Å². The van der Waals surface area contributed by atoms with Crippen molar-refractivity contribution in [3.8, 4) is 5.75 Å². The van der Waals surface area contributed by atoms with Gasteiger partial charge in [-0.05, 0) is 24.5 Å². The number of hydrogen-bond donors (Lipinski definition) is 0. The molecule has 164 valence electrons. The maximum absolute atomic E-state index is 12.8. The Hall–Kier alpha value is -1.96. The summed E-state index contributed by atoms with van der Waals surface area (Å²) < 4.78 is 11.3. The number of amides is 1. The Kier molecular flexibility index (Phi) is 8.66. The summed E-state index contributed by atoms with van der Waals surface area (Å²) in [6, 6.07) is 7.99. The molecule has 1 aromatic carbocycles. The van der Waals surface area contributed by atoms with Gasteiger partial charge in [0.2, 0.25) is 5.91 Å². The molecule has 0 saturated carbocycles. The third kappa shape index (κ3) is 7.07. The van der Waals surface area contributed by atoms with Crippen molar-refractivity contribution in [1.82, 2.24) is 14.8 Å². The van der Waals surface area contributed by atoms with Crippen molar-refractivity contribution in [3.63, 3.8) is 0 Å². The maximum atomic E-state index is 12.8. The van der Waals surface area contributed by atoms with Gasteiger partial charge in [-0.1, -0.05) is 32.0 Å². The van der Waals surface area contributed by atoms with E-state index < -0.39 is 0 Å². The van der Waals surface area contributed by atoms with Crippen molar-refractivity contribution in [2.24, 2.45) is 5.92 Å². The van der Waals surface area contributed by atoms with Gasteiger partial charge in [-0.25, -0.2) is 4.98 Å². The van der Waals surface area contributed by atoms with Gasteiger partial charge in [0.1, 0.15) is 17.4 Å². The van der Waals surface area contributed by atoms with Gasteiger partial charge < -0.3 is 14.4 Å². The zero-order chi connectivity index (χ0) is 21.3. The Morgan fingerprint density at radius 3 is 2.80 bits per heavy atom. The first-order valence-corrected chi connectivity index (χ1v) is 11.6. The molecule has 1 fully saturated rings. The molecule has 0 atom stereocenters. The highest BCUT2D eigenvalue weighted by Crippen LogP contribution is 2.20. The molecule has 6 nitrogen and oxygen atoms in total. The molecule has 0 radical (unpaired) electrons. The Balaban J connectivity index is 1.57. The number of aromatic nitrogens is 1. The Bertz CT molecular complexity index is 802. The molecule has 2 heterocycles. The van der Waals surface area contributed by atoms with Crippen LogP contribution in [0.3, 0.4) is 0 Å². The van der Waals surface area contributed by atoms with Crippen LogP contribution in [0.25, 0.3) is 0 Å². The summed E-state index contributed by atoms with van der Waals surface area (Å²) in [4.78, 5) is 21.9. The van der Waals surface area contributed by atoms with E-state index in [1.54, 1.807) is 11.3 Å². The van der Waals surface area contributed by atoms with Crippen LogP contribution in [0.4, 0.5) is 0 Å². The number of benzene rings is 1. The van der Waals surface area contributed by atoms with Gasteiger partial charge in [-0.2, -0.15) is 0 Å². The van der Waals surface area contributed by atoms with Crippen LogP contribution in [0.2, 0.25) is 0 Å². The summed E-state index contributed by atoms with van der Waals surface area (Å²) in [5.41, 5.74) is 2.05. The van der Waals surface area contributed by atoms with Crippen LogP contribution >= 0.6 is 11.3 Å². The third-order valence-corrected chi connectivity index (χ3v) is 5.99. The lowest BCUT2D eigenvalue weighted by Gasteiger charge is -2.30. The van der Waals surface area contributed by atoms with Crippen LogP contribution in [-0.4, -0.2) is 60.1 Å². The monoisotopic (exact) mass is 431 g/mol. The normalized spacial score (nSPS) is 14.8. The Morgan fingerprint density at radius 2 is 2.07 bits per heavy atom. The highest BCUT2D eigenvalue weighted by atomic mass is 32.1. The van der Waals surface area contributed by atoms with Crippen molar-refractivity contribution in [2.45, 2.75) is 40.3 Å². The SMILES string of the molecule is Cc1ccccc1OCc1nc(CN(CCN2CCOCC2)C(=O)CC(C)C)cs1. The fourth-order valence-corrected chi connectivity index (χ4v) is 4.09. The lowest BCUT2D eigenvalue weighted by molar-refractivity contribution is -0.133. The number of para-hydroxylation sites is 1. The summed E-state index contributed by atoms with van der Waals surface area (Å²) in [5, 5.41) is 2.97. The molecule has 1 aromatic heterocycles. The molecule has 0 aliphatic carbocycles. The molecule has 1 amide bonds. The van der Waals surface area contributed by atoms with Crippen LogP contribution in [0.15, 0.2) is 29.6 Å². The molecule has 0 bridgehead atoms. The highest BCUT2D eigenvalue weighted by Gasteiger charge is 2.19. The average Bonchev–Trinajstić information content (AvgIpc) is 3.18. The highest BCUT2D eigenvalue weighted by molar-refractivity contribution is 7.09. The smallest absolute Gasteiger partial charge is 0.223 e. The Morgan fingerprint density at radius 1 is 1.30 bits per heavy atom. The predicted octanol–water partition coefficient (Wildman–Crippen LogP) is 3.74. The van der Waals surface area contributed by atoms with E-state index in [9.17, 15) is 4.79 Å². The van der Waals surface area contributed by atoms with Gasteiger partial charge in [-0.3, -0.25) is 9.69 Å². The molecule has 0 spiro atoms. The van der Waals surface area contributed by atoms with E-state index in [0.29, 0.717) is 25.5 Å². The van der Waals surface area contributed by atoms with Crippen molar-refractivity contribution in [3.05, 3.63) is 45.9 Å². The summed E-state index contributed by atoms with van der Waals surface area (Å²) in [5.74, 6) is 1.43. The van der Waals surface area contributed by atoms with E-state index in [2.05, 4.69) is 18.7 Å². The number of rotatable bonds is 10. The number of nitrogens with zero attached hydrogens (tertiary/aromatic N) is 3. The number of ether oxygens (including phenoxy) is 2. The molecule has 30 heavy (non-hydrogen) atoms. The number of carbonyl (C=O) groups excluding carboxylic acids is 1. The van der Waals surface area contributed by atoms with E-state index in [1.807, 2.05) is 41.5 Å². The number of morpholine rings is 1. The number of carbonyl (C=O) groups is 1. The fraction of sp³-hybridized carbons (Fsp3) is 0.565. The fourth-order valence-electron chi connectivity index (χ4n) is 3.40. The molecule has 2 aromatic rings. The van der Waals surface area contributed by atoms with Crippen LogP contribution in [-0.2, 0) is 22.7 Å². The zero-order valence-electron chi connectivity index (χ0n) is 18.3. The molecule has 1 aliphatic heterocycles. The number of hydrogen-bond acceptors (Lipinski definition) is 6. The van der Waals surface area contributed by atoms with Crippen LogP contribution in [0.1, 0.15) is 36.5 Å². The summed E-state index contributed by atoms with van der Waals surface area (Å²) in [7, 11) is 0. The van der Waals surface area contributed by atoms with E-state index in [4.69, 9.17) is 14.5 Å². The first-order valence-electron chi connectivity index (χ1n) is 10.7. The first-order chi connectivity index (χ1) is 14.5. The summed E-state index contributed by atoms with van der Waals surface area (Å²) in [6.45, 7) is 12.2. The van der Waals surface area contributed by atoms with Gasteiger partial charge in [0.05, 0.1) is 25.5 Å². The third-order valence-electron chi connectivity index (χ3n) is 5.12. The van der Waals surface area contributed by atoms with Crippen molar-refractivity contribution >= 4 is 17.2 Å². The first kappa shape index (κ1) is 22.7. The molecule has 1 saturated heterocycles. The lowest BCUT2D eigenvalue weighted by Crippen LogP contribution is -2.43. The van der Waals surface area contributed by atoms with Gasteiger partial charge in [0.15, 0.2) is 0 Å². The van der Waals surface area contributed by atoms with E-state index in [1.165, 1.54) is 0 Å². The van der Waals surface area contributed by atoms with Crippen LogP contribution in [0.5, 0.6) is 5.75 Å². The van der Waals surface area contributed by atoms with E-state index in [-0.39, 0.29) is 5.91 Å². The van der Waals surface area contributed by atoms with Gasteiger partial charge >= 0.3 is 0 Å². The molecular weight excluding hydrogens is 398 g/mol. The molecule has 0 N–H and O–H groups in total. The largest absolute Gasteiger partial charge is 0.486 e. The quantitative estimate of drug-likeness (QED) is 0.574. The molecular formula is C23H33N3O3S. The van der Waals surface area contributed by atoms with Crippen molar-refractivity contribution in [2.75, 3.05) is 39.4 Å². The minimum absolute atomic E-state index is 0.198. The number of thiazole rings is 1. The van der Waals surface area contributed by atoms with Crippen LogP contribution < -0.4 is 4.74 Å². The van der Waals surface area contributed by atoms with Crippen molar-refractivity contribution in [1.29, 1.82) is 0 Å². The lowest BCUT2D eigenvalue weighted by atomic mass is 10.1. The Labute approximate surface area is 183 Å².